The van der Waals surface area contributed by atoms with Crippen molar-refractivity contribution in [1.29, 1.82) is 0 Å². The Balaban J connectivity index is 1.35. The summed E-state index contributed by atoms with van der Waals surface area (Å²) in [5.41, 5.74) is 3.33. The number of benzene rings is 2. The summed E-state index contributed by atoms with van der Waals surface area (Å²) < 4.78 is 3.56. The monoisotopic (exact) mass is 403 g/mol. The van der Waals surface area contributed by atoms with Gasteiger partial charge in [-0.2, -0.15) is 0 Å². The molecule has 0 amide bonds. The highest BCUT2D eigenvalue weighted by Crippen LogP contribution is 2.42. The molecular formula is C21H17N5S2. The lowest BCUT2D eigenvalue weighted by Gasteiger charge is -2.07. The molecule has 1 aliphatic rings. The molecule has 7 heteroatoms. The predicted molar refractivity (Wildman–Crippen MR) is 115 cm³/mol. The molecule has 0 saturated heterocycles. The van der Waals surface area contributed by atoms with Crippen LogP contribution in [0.4, 0.5) is 0 Å². The van der Waals surface area contributed by atoms with Crippen LogP contribution < -0.4 is 0 Å². The summed E-state index contributed by atoms with van der Waals surface area (Å²) in [6, 6.07) is 17.2. The molecule has 1 fully saturated rings. The Morgan fingerprint density at radius 2 is 1.93 bits per heavy atom. The van der Waals surface area contributed by atoms with Gasteiger partial charge in [0.2, 0.25) is 0 Å². The lowest BCUT2D eigenvalue weighted by atomic mass is 10.1. The molecule has 28 heavy (non-hydrogen) atoms. The smallest absolute Gasteiger partial charge is 0.192 e. The molecule has 0 aliphatic heterocycles. The maximum Gasteiger partial charge on any atom is 0.192 e. The minimum Gasteiger partial charge on any atom is -0.360 e. The van der Waals surface area contributed by atoms with Gasteiger partial charge in [-0.1, -0.05) is 42.1 Å². The van der Waals surface area contributed by atoms with Gasteiger partial charge in [-0.15, -0.1) is 21.5 Å². The molecule has 0 spiro atoms. The van der Waals surface area contributed by atoms with Gasteiger partial charge in [0, 0.05) is 28.7 Å². The second-order valence-corrected chi connectivity index (χ2v) is 9.08. The summed E-state index contributed by atoms with van der Waals surface area (Å²) >= 11 is 3.49. The Bertz CT molecular complexity index is 1260. The lowest BCUT2D eigenvalue weighted by Crippen LogP contribution is -1.99. The number of aromatic amines is 1. The number of nitrogens with zero attached hydrogens (tertiary/aromatic N) is 4. The molecule has 138 valence electrons. The van der Waals surface area contributed by atoms with E-state index in [1.807, 2.05) is 12.1 Å². The van der Waals surface area contributed by atoms with Crippen LogP contribution in [0.25, 0.3) is 32.5 Å². The first-order chi connectivity index (χ1) is 13.9. The molecule has 2 aromatic carbocycles. The van der Waals surface area contributed by atoms with E-state index in [2.05, 4.69) is 62.3 Å². The van der Waals surface area contributed by atoms with E-state index in [1.54, 1.807) is 23.1 Å². The van der Waals surface area contributed by atoms with Gasteiger partial charge in [-0.05, 0) is 31.0 Å². The molecule has 1 aliphatic carbocycles. The molecule has 1 N–H and O–H groups in total. The van der Waals surface area contributed by atoms with Crippen LogP contribution in [-0.2, 0) is 5.75 Å². The highest BCUT2D eigenvalue weighted by atomic mass is 32.2. The number of aromatic nitrogens is 5. The molecule has 3 aromatic heterocycles. The Labute approximate surface area is 169 Å². The van der Waals surface area contributed by atoms with Crippen LogP contribution in [0.1, 0.15) is 23.9 Å². The fraction of sp³-hybridized carbons (Fsp3) is 0.190. The van der Waals surface area contributed by atoms with E-state index >= 15 is 0 Å². The van der Waals surface area contributed by atoms with Gasteiger partial charge in [0.05, 0.1) is 16.0 Å². The van der Waals surface area contributed by atoms with Gasteiger partial charge in [0.25, 0.3) is 0 Å². The number of thiazole rings is 1. The zero-order valence-corrected chi connectivity index (χ0v) is 16.6. The summed E-state index contributed by atoms with van der Waals surface area (Å²) in [5, 5.41) is 12.4. The number of fused-ring (bicyclic) bond motifs is 2. The minimum absolute atomic E-state index is 0.511. The van der Waals surface area contributed by atoms with Gasteiger partial charge in [-0.25, -0.2) is 4.98 Å². The van der Waals surface area contributed by atoms with Crippen molar-refractivity contribution in [3.8, 4) is 11.4 Å². The highest BCUT2D eigenvalue weighted by Gasteiger charge is 2.31. The first-order valence-electron chi connectivity index (χ1n) is 9.35. The quantitative estimate of drug-likeness (QED) is 0.385. The molecular weight excluding hydrogens is 386 g/mol. The molecule has 5 aromatic rings. The summed E-state index contributed by atoms with van der Waals surface area (Å²) in [5.74, 6) is 1.78. The van der Waals surface area contributed by atoms with E-state index < -0.39 is 0 Å². The van der Waals surface area contributed by atoms with Gasteiger partial charge in [0.15, 0.2) is 11.0 Å². The van der Waals surface area contributed by atoms with Crippen LogP contribution >= 0.6 is 23.1 Å². The van der Waals surface area contributed by atoms with Crippen molar-refractivity contribution in [2.45, 2.75) is 29.8 Å². The van der Waals surface area contributed by atoms with Crippen LogP contribution in [0.5, 0.6) is 0 Å². The molecule has 3 heterocycles. The maximum atomic E-state index is 4.75. The summed E-state index contributed by atoms with van der Waals surface area (Å²) in [4.78, 5) is 8.11. The molecule has 0 atom stereocenters. The second kappa shape index (κ2) is 6.46. The number of hydrogen-bond acceptors (Lipinski definition) is 5. The molecule has 1 saturated carbocycles. The molecule has 5 nitrogen and oxygen atoms in total. The zero-order valence-electron chi connectivity index (χ0n) is 15.0. The van der Waals surface area contributed by atoms with Gasteiger partial charge in [-0.3, -0.25) is 4.57 Å². The van der Waals surface area contributed by atoms with Crippen molar-refractivity contribution in [3.63, 3.8) is 0 Å². The van der Waals surface area contributed by atoms with Crippen molar-refractivity contribution in [2.75, 3.05) is 0 Å². The van der Waals surface area contributed by atoms with Gasteiger partial charge >= 0.3 is 0 Å². The average molecular weight is 404 g/mol. The Hall–Kier alpha value is -2.64. The summed E-state index contributed by atoms with van der Waals surface area (Å²) in [7, 11) is 0. The highest BCUT2D eigenvalue weighted by molar-refractivity contribution is 7.98. The zero-order chi connectivity index (χ0) is 18.5. The van der Waals surface area contributed by atoms with Crippen LogP contribution in [0.3, 0.4) is 0 Å². The third-order valence-corrected chi connectivity index (χ3v) is 7.24. The van der Waals surface area contributed by atoms with Crippen molar-refractivity contribution < 1.29 is 0 Å². The Morgan fingerprint density at radius 1 is 1.07 bits per heavy atom. The van der Waals surface area contributed by atoms with Crippen LogP contribution in [0.15, 0.2) is 59.9 Å². The number of thioether (sulfide) groups is 1. The van der Waals surface area contributed by atoms with E-state index in [4.69, 9.17) is 4.98 Å². The second-order valence-electron chi connectivity index (χ2n) is 7.02. The van der Waals surface area contributed by atoms with Crippen LogP contribution in [-0.4, -0.2) is 24.7 Å². The predicted octanol–water partition coefficient (Wildman–Crippen LogP) is 5.66. The fourth-order valence-corrected chi connectivity index (χ4v) is 5.55. The first-order valence-corrected chi connectivity index (χ1v) is 11.2. The average Bonchev–Trinajstić information content (AvgIpc) is 3.16. The van der Waals surface area contributed by atoms with E-state index in [0.717, 1.165) is 38.3 Å². The van der Waals surface area contributed by atoms with Crippen molar-refractivity contribution in [1.82, 2.24) is 24.7 Å². The Morgan fingerprint density at radius 3 is 2.82 bits per heavy atom. The number of rotatable bonds is 5. The van der Waals surface area contributed by atoms with Gasteiger partial charge < -0.3 is 4.98 Å². The number of H-pyrrole nitrogens is 1. The van der Waals surface area contributed by atoms with Crippen LogP contribution in [0.2, 0.25) is 0 Å². The fourth-order valence-electron chi connectivity index (χ4n) is 3.59. The summed E-state index contributed by atoms with van der Waals surface area (Å²) in [6.07, 6.45) is 4.44. The maximum absolute atomic E-state index is 4.75. The molecule has 0 bridgehead atoms. The molecule has 0 unspecified atom stereocenters. The standard InChI is InChI=1S/C21H17N5S2/c1-2-6-16-14(5-1)15(11-22-16)20-24-25-21(26(20)13-9-10-13)27-12-19-23-17-7-3-4-8-18(17)28-19/h1-8,11,13,22H,9-10,12H2. The third kappa shape index (κ3) is 2.73. The first kappa shape index (κ1) is 16.3. The minimum atomic E-state index is 0.511. The Kier molecular flexibility index (Phi) is 3.77. The topological polar surface area (TPSA) is 59.4 Å². The van der Waals surface area contributed by atoms with Crippen molar-refractivity contribution in [2.24, 2.45) is 0 Å². The number of nitrogens with one attached hydrogen (secondary N) is 1. The SMILES string of the molecule is c1ccc2sc(CSc3nnc(-c4c[nH]c5ccccc45)n3C3CC3)nc2c1. The van der Waals surface area contributed by atoms with Crippen LogP contribution in [0, 0.1) is 0 Å². The summed E-state index contributed by atoms with van der Waals surface area (Å²) in [6.45, 7) is 0. The molecule has 6 rings (SSSR count). The van der Waals surface area contributed by atoms with Gasteiger partial charge in [0.1, 0.15) is 5.01 Å². The number of hydrogen-bond donors (Lipinski definition) is 1. The largest absolute Gasteiger partial charge is 0.360 e. The van der Waals surface area contributed by atoms with E-state index in [1.165, 1.54) is 22.9 Å². The van der Waals surface area contributed by atoms with E-state index in [9.17, 15) is 0 Å². The van der Waals surface area contributed by atoms with E-state index in [0.29, 0.717) is 6.04 Å². The van der Waals surface area contributed by atoms with Crippen molar-refractivity contribution >= 4 is 44.2 Å². The number of para-hydroxylation sites is 2. The lowest BCUT2D eigenvalue weighted by molar-refractivity contribution is 0.669. The third-order valence-electron chi connectivity index (χ3n) is 5.07. The van der Waals surface area contributed by atoms with Crippen molar-refractivity contribution in [3.05, 3.63) is 59.7 Å². The van der Waals surface area contributed by atoms with E-state index in [-0.39, 0.29) is 0 Å². The molecule has 0 radical (unpaired) electrons. The normalized spacial score (nSPS) is 14.3.